The average Bonchev–Trinajstić information content (AvgIpc) is 3.25. The molecule has 2 aliphatic rings. The third kappa shape index (κ3) is 3.51. The minimum atomic E-state index is 0.367. The number of nitrogens with one attached hydrogen (secondary N) is 1. The SMILES string of the molecule is Cc1nc(-c2cc(C3=CC=CN(CC4CCCO4)C3)ccn2)[nH]c1C. The van der Waals surface area contributed by atoms with Gasteiger partial charge in [0.25, 0.3) is 0 Å². The van der Waals surface area contributed by atoms with Gasteiger partial charge in [0.1, 0.15) is 5.69 Å². The van der Waals surface area contributed by atoms with Crippen molar-refractivity contribution in [2.24, 2.45) is 0 Å². The fourth-order valence-electron chi connectivity index (χ4n) is 3.40. The topological polar surface area (TPSA) is 54.0 Å². The maximum Gasteiger partial charge on any atom is 0.156 e. The zero-order chi connectivity index (χ0) is 17.2. The highest BCUT2D eigenvalue weighted by Gasteiger charge is 2.20. The number of nitrogens with zero attached hydrogens (tertiary/aromatic N) is 3. The second kappa shape index (κ2) is 6.84. The Morgan fingerprint density at radius 2 is 2.28 bits per heavy atom. The van der Waals surface area contributed by atoms with Crippen LogP contribution >= 0.6 is 0 Å². The zero-order valence-electron chi connectivity index (χ0n) is 14.8. The van der Waals surface area contributed by atoms with E-state index in [-0.39, 0.29) is 0 Å². The first-order valence-corrected chi connectivity index (χ1v) is 8.92. The molecule has 0 radical (unpaired) electrons. The van der Waals surface area contributed by atoms with Gasteiger partial charge in [-0.1, -0.05) is 6.08 Å². The summed E-state index contributed by atoms with van der Waals surface area (Å²) in [5.74, 6) is 0.833. The Bertz CT molecular complexity index is 795. The molecule has 2 aliphatic heterocycles. The Balaban J connectivity index is 1.52. The quantitative estimate of drug-likeness (QED) is 0.929. The van der Waals surface area contributed by atoms with Crippen molar-refractivity contribution in [3.8, 4) is 11.5 Å². The lowest BCUT2D eigenvalue weighted by molar-refractivity contribution is 0.0894. The Labute approximate surface area is 148 Å². The van der Waals surface area contributed by atoms with E-state index in [0.29, 0.717) is 6.10 Å². The van der Waals surface area contributed by atoms with Crippen LogP contribution in [0.15, 0.2) is 36.7 Å². The number of rotatable bonds is 4. The second-order valence-corrected chi connectivity index (χ2v) is 6.82. The normalized spacial score (nSPS) is 20.2. The van der Waals surface area contributed by atoms with E-state index in [4.69, 9.17) is 4.74 Å². The molecule has 0 saturated carbocycles. The van der Waals surface area contributed by atoms with Crippen LogP contribution in [0.2, 0.25) is 0 Å². The number of hydrogen-bond acceptors (Lipinski definition) is 4. The molecule has 1 N–H and O–H groups in total. The summed E-state index contributed by atoms with van der Waals surface area (Å²) < 4.78 is 5.77. The molecule has 1 unspecified atom stereocenters. The van der Waals surface area contributed by atoms with E-state index in [2.05, 4.69) is 50.3 Å². The minimum Gasteiger partial charge on any atom is -0.376 e. The summed E-state index contributed by atoms with van der Waals surface area (Å²) in [5, 5.41) is 0. The molecule has 2 aromatic heterocycles. The molecule has 0 spiro atoms. The van der Waals surface area contributed by atoms with Crippen molar-refractivity contribution in [3.63, 3.8) is 0 Å². The highest BCUT2D eigenvalue weighted by Crippen LogP contribution is 2.24. The molecule has 2 aromatic rings. The smallest absolute Gasteiger partial charge is 0.156 e. The van der Waals surface area contributed by atoms with Crippen LogP contribution in [0.4, 0.5) is 0 Å². The predicted octanol–water partition coefficient (Wildman–Crippen LogP) is 3.48. The first kappa shape index (κ1) is 16.1. The fourth-order valence-corrected chi connectivity index (χ4v) is 3.40. The van der Waals surface area contributed by atoms with Crippen molar-refractivity contribution in [3.05, 3.63) is 53.6 Å². The van der Waals surface area contributed by atoms with Crippen LogP contribution in [0.5, 0.6) is 0 Å². The van der Waals surface area contributed by atoms with Gasteiger partial charge in [-0.3, -0.25) is 4.98 Å². The number of aryl methyl sites for hydroxylation is 2. The molecule has 25 heavy (non-hydrogen) atoms. The lowest BCUT2D eigenvalue weighted by Crippen LogP contribution is -2.30. The maximum atomic E-state index is 5.77. The van der Waals surface area contributed by atoms with E-state index in [1.165, 1.54) is 24.0 Å². The molecule has 4 rings (SSSR count). The molecule has 0 bridgehead atoms. The van der Waals surface area contributed by atoms with Gasteiger partial charge >= 0.3 is 0 Å². The predicted molar refractivity (Wildman–Crippen MR) is 99.0 cm³/mol. The third-order valence-corrected chi connectivity index (χ3v) is 4.93. The van der Waals surface area contributed by atoms with Gasteiger partial charge in [0.15, 0.2) is 5.82 Å². The Hall–Kier alpha value is -2.40. The van der Waals surface area contributed by atoms with Crippen molar-refractivity contribution in [1.29, 1.82) is 0 Å². The summed E-state index contributed by atoms with van der Waals surface area (Å²) in [4.78, 5) is 14.7. The number of imidazole rings is 1. The largest absolute Gasteiger partial charge is 0.376 e. The van der Waals surface area contributed by atoms with Gasteiger partial charge in [-0.25, -0.2) is 4.98 Å². The Morgan fingerprint density at radius 3 is 3.04 bits per heavy atom. The molecule has 1 saturated heterocycles. The van der Waals surface area contributed by atoms with E-state index < -0.39 is 0 Å². The molecule has 0 aliphatic carbocycles. The van der Waals surface area contributed by atoms with Gasteiger partial charge in [0.2, 0.25) is 0 Å². The molecule has 5 nitrogen and oxygen atoms in total. The first-order valence-electron chi connectivity index (χ1n) is 8.92. The number of pyridine rings is 1. The van der Waals surface area contributed by atoms with Crippen molar-refractivity contribution >= 4 is 5.57 Å². The molecule has 4 heterocycles. The van der Waals surface area contributed by atoms with Crippen LogP contribution in [0.1, 0.15) is 29.8 Å². The summed E-state index contributed by atoms with van der Waals surface area (Å²) in [6.45, 7) is 6.81. The average molecular weight is 336 g/mol. The van der Waals surface area contributed by atoms with Crippen LogP contribution in [0.3, 0.4) is 0 Å². The van der Waals surface area contributed by atoms with Gasteiger partial charge in [-0.15, -0.1) is 0 Å². The van der Waals surface area contributed by atoms with Crippen LogP contribution in [0.25, 0.3) is 17.1 Å². The van der Waals surface area contributed by atoms with Crippen molar-refractivity contribution in [1.82, 2.24) is 19.9 Å². The van der Waals surface area contributed by atoms with Gasteiger partial charge in [0, 0.05) is 31.6 Å². The molecular weight excluding hydrogens is 312 g/mol. The van der Waals surface area contributed by atoms with E-state index in [1.807, 2.05) is 20.0 Å². The highest BCUT2D eigenvalue weighted by atomic mass is 16.5. The fraction of sp³-hybridized carbons (Fsp3) is 0.400. The first-order chi connectivity index (χ1) is 12.2. The Kier molecular flexibility index (Phi) is 4.40. The van der Waals surface area contributed by atoms with Gasteiger partial charge in [0.05, 0.1) is 11.8 Å². The monoisotopic (exact) mass is 336 g/mol. The Morgan fingerprint density at radius 1 is 1.36 bits per heavy atom. The number of aromatic amines is 1. The highest BCUT2D eigenvalue weighted by molar-refractivity contribution is 5.72. The van der Waals surface area contributed by atoms with Gasteiger partial charge in [-0.2, -0.15) is 0 Å². The molecule has 1 fully saturated rings. The summed E-state index contributed by atoms with van der Waals surface area (Å²) in [6, 6.07) is 4.19. The van der Waals surface area contributed by atoms with E-state index in [9.17, 15) is 0 Å². The number of aromatic nitrogens is 3. The second-order valence-electron chi connectivity index (χ2n) is 6.82. The molecular formula is C20H24N4O. The molecule has 130 valence electrons. The van der Waals surface area contributed by atoms with Crippen molar-refractivity contribution in [2.45, 2.75) is 32.8 Å². The van der Waals surface area contributed by atoms with Gasteiger partial charge in [-0.05, 0) is 62.2 Å². The van der Waals surface area contributed by atoms with Crippen molar-refractivity contribution in [2.75, 3.05) is 19.7 Å². The molecule has 0 amide bonds. The lowest BCUT2D eigenvalue weighted by Gasteiger charge is -2.27. The number of hydrogen-bond donors (Lipinski definition) is 1. The number of ether oxygens (including phenoxy) is 1. The third-order valence-electron chi connectivity index (χ3n) is 4.93. The minimum absolute atomic E-state index is 0.367. The summed E-state index contributed by atoms with van der Waals surface area (Å²) in [5.41, 5.74) is 5.48. The summed E-state index contributed by atoms with van der Waals surface area (Å²) >= 11 is 0. The van der Waals surface area contributed by atoms with Crippen LogP contribution in [0, 0.1) is 13.8 Å². The van der Waals surface area contributed by atoms with Crippen LogP contribution < -0.4 is 0 Å². The molecule has 0 aromatic carbocycles. The lowest BCUT2D eigenvalue weighted by atomic mass is 10.0. The van der Waals surface area contributed by atoms with Crippen molar-refractivity contribution < 1.29 is 4.74 Å². The van der Waals surface area contributed by atoms with Gasteiger partial charge < -0.3 is 14.6 Å². The van der Waals surface area contributed by atoms with Crippen LogP contribution in [-0.2, 0) is 4.74 Å². The van der Waals surface area contributed by atoms with Crippen LogP contribution in [-0.4, -0.2) is 45.7 Å². The zero-order valence-corrected chi connectivity index (χ0v) is 14.8. The van der Waals surface area contributed by atoms with E-state index in [1.54, 1.807) is 0 Å². The number of H-pyrrole nitrogens is 1. The maximum absolute atomic E-state index is 5.77. The molecule has 1 atom stereocenters. The number of allylic oxidation sites excluding steroid dienone is 2. The van der Waals surface area contributed by atoms with E-state index in [0.717, 1.165) is 42.6 Å². The standard InChI is InChI=1S/C20H24N4O/c1-14-15(2)23-20(22-14)19-11-16(7-8-21-19)17-5-3-9-24(12-17)13-18-6-4-10-25-18/h3,5,7-9,11,18H,4,6,10,12-13H2,1-2H3,(H,22,23). The summed E-state index contributed by atoms with van der Waals surface area (Å²) in [6.07, 6.45) is 11.0. The summed E-state index contributed by atoms with van der Waals surface area (Å²) in [7, 11) is 0. The van der Waals surface area contributed by atoms with E-state index >= 15 is 0 Å². The molecule has 5 heteroatoms.